The van der Waals surface area contributed by atoms with E-state index in [9.17, 15) is 9.18 Å². The van der Waals surface area contributed by atoms with E-state index < -0.39 is 5.91 Å². The first kappa shape index (κ1) is 21.1. The highest BCUT2D eigenvalue weighted by molar-refractivity contribution is 6.04. The molecule has 5 aromatic rings. The molecule has 0 fully saturated rings. The molecule has 2 aromatic heterocycles. The van der Waals surface area contributed by atoms with Gasteiger partial charge in [-0.15, -0.1) is 0 Å². The Kier molecular flexibility index (Phi) is 5.14. The van der Waals surface area contributed by atoms with E-state index in [0.717, 1.165) is 22.0 Å². The van der Waals surface area contributed by atoms with Crippen LogP contribution in [0.15, 0.2) is 66.9 Å². The number of carbonyl (C=O) groups excluding carboxylic acids is 1. The molecule has 0 bridgehead atoms. The number of primary amides is 1. The highest BCUT2D eigenvalue weighted by atomic mass is 19.1. The molecule has 1 amide bonds. The highest BCUT2D eigenvalue weighted by Gasteiger charge is 2.21. The third-order valence-electron chi connectivity index (χ3n) is 5.39. The minimum atomic E-state index is -0.766. The lowest BCUT2D eigenvalue weighted by atomic mass is 9.99. The van der Waals surface area contributed by atoms with Crippen LogP contribution in [0.25, 0.3) is 33.5 Å². The van der Waals surface area contributed by atoms with Crippen molar-refractivity contribution in [3.8, 4) is 34.1 Å². The number of H-pyrrole nitrogens is 1. The molecule has 3 aromatic carbocycles. The summed E-state index contributed by atoms with van der Waals surface area (Å²) in [6.07, 6.45) is 1.68. The number of ether oxygens (including phenoxy) is 1. The van der Waals surface area contributed by atoms with Crippen molar-refractivity contribution in [1.29, 1.82) is 0 Å². The first-order chi connectivity index (χ1) is 16.4. The van der Waals surface area contributed by atoms with Crippen LogP contribution in [0.4, 0.5) is 10.1 Å². The third kappa shape index (κ3) is 3.79. The lowest BCUT2D eigenvalue weighted by Crippen LogP contribution is -2.18. The van der Waals surface area contributed by atoms with Gasteiger partial charge in [-0.25, -0.2) is 14.4 Å². The summed E-state index contributed by atoms with van der Waals surface area (Å²) in [6, 6.07) is 16.5. The summed E-state index contributed by atoms with van der Waals surface area (Å²) in [4.78, 5) is 21.3. The van der Waals surface area contributed by atoms with Crippen molar-refractivity contribution in [3.05, 3.63) is 83.9 Å². The zero-order valence-corrected chi connectivity index (χ0v) is 18.0. The van der Waals surface area contributed by atoms with Gasteiger partial charge in [-0.3, -0.25) is 9.89 Å². The molecule has 0 spiro atoms. The molecule has 0 aliphatic rings. The Hall–Kier alpha value is -4.79. The van der Waals surface area contributed by atoms with Gasteiger partial charge in [0, 0.05) is 16.5 Å². The number of anilines is 1. The van der Waals surface area contributed by atoms with Crippen LogP contribution in [0, 0.1) is 12.7 Å². The van der Waals surface area contributed by atoms with Crippen molar-refractivity contribution in [2.24, 2.45) is 5.73 Å². The number of aromatic amines is 1. The minimum absolute atomic E-state index is 0.0789. The molecule has 0 saturated heterocycles. The number of nitrogens with one attached hydrogen (secondary N) is 1. The number of hydrogen-bond donors (Lipinski definition) is 3. The van der Waals surface area contributed by atoms with E-state index in [1.165, 1.54) is 24.3 Å². The highest BCUT2D eigenvalue weighted by Crippen LogP contribution is 2.36. The van der Waals surface area contributed by atoms with Crippen LogP contribution < -0.4 is 16.2 Å². The summed E-state index contributed by atoms with van der Waals surface area (Å²) >= 11 is 0. The lowest BCUT2D eigenvalue weighted by Gasteiger charge is -2.14. The van der Waals surface area contributed by atoms with Gasteiger partial charge in [0.15, 0.2) is 11.5 Å². The average Bonchev–Trinajstić information content (AvgIpc) is 3.30. The second-order valence-corrected chi connectivity index (χ2v) is 7.69. The Morgan fingerprint density at radius 1 is 1.03 bits per heavy atom. The van der Waals surface area contributed by atoms with Crippen molar-refractivity contribution in [2.75, 3.05) is 5.73 Å². The van der Waals surface area contributed by atoms with Crippen molar-refractivity contribution in [2.45, 2.75) is 6.92 Å². The van der Waals surface area contributed by atoms with E-state index in [0.29, 0.717) is 22.8 Å². The molecule has 5 N–H and O–H groups in total. The molecule has 2 heterocycles. The summed E-state index contributed by atoms with van der Waals surface area (Å²) in [5, 5.41) is 7.85. The van der Waals surface area contributed by atoms with Crippen LogP contribution in [0.1, 0.15) is 16.1 Å². The number of nitrogen functional groups attached to an aromatic ring is 1. The molecule has 0 aliphatic heterocycles. The van der Waals surface area contributed by atoms with E-state index in [1.807, 2.05) is 19.1 Å². The maximum Gasteiger partial charge on any atom is 0.269 e. The Morgan fingerprint density at radius 3 is 2.59 bits per heavy atom. The van der Waals surface area contributed by atoms with E-state index >= 15 is 0 Å². The number of rotatable bonds is 5. The minimum Gasteiger partial charge on any atom is -0.457 e. The number of nitrogens with two attached hydrogens (primary N) is 2. The molecule has 0 unspecified atom stereocenters. The molecule has 9 heteroatoms. The largest absolute Gasteiger partial charge is 0.457 e. The Labute approximate surface area is 193 Å². The summed E-state index contributed by atoms with van der Waals surface area (Å²) in [5.41, 5.74) is 15.3. The fraction of sp³-hybridized carbons (Fsp3) is 0.0400. The molecular formula is C25H19FN6O2. The Balaban J connectivity index is 1.65. The van der Waals surface area contributed by atoms with Crippen molar-refractivity contribution in [1.82, 2.24) is 20.2 Å². The molecule has 34 heavy (non-hydrogen) atoms. The standard InChI is InChI=1S/C25H19FN6O2/c1-13-5-10-19-18(12-29-32-19)20(13)22-21(27)23(24(28)33)31-25(30-22)14-3-2-4-17(11-14)34-16-8-6-15(26)7-9-16/h2-12H,27H2,1H3,(H2,28,33)(H,29,32). The fourth-order valence-electron chi connectivity index (χ4n) is 3.76. The maximum absolute atomic E-state index is 13.2. The molecule has 168 valence electrons. The molecule has 8 nitrogen and oxygen atoms in total. The number of benzene rings is 3. The molecule has 5 rings (SSSR count). The number of nitrogens with zero attached hydrogens (tertiary/aromatic N) is 3. The van der Waals surface area contributed by atoms with Gasteiger partial charge < -0.3 is 16.2 Å². The number of amides is 1. The number of aryl methyl sites for hydroxylation is 1. The normalized spacial score (nSPS) is 11.0. The van der Waals surface area contributed by atoms with Crippen LogP contribution in [-0.2, 0) is 0 Å². The van der Waals surface area contributed by atoms with Gasteiger partial charge >= 0.3 is 0 Å². The SMILES string of the molecule is Cc1ccc2[nH]ncc2c1-c1nc(-c2cccc(Oc3ccc(F)cc3)c2)nc(C(N)=O)c1N. The van der Waals surface area contributed by atoms with Crippen LogP contribution in [0.5, 0.6) is 11.5 Å². The fourth-order valence-corrected chi connectivity index (χ4v) is 3.76. The maximum atomic E-state index is 13.2. The lowest BCUT2D eigenvalue weighted by molar-refractivity contribution is 0.0996. The van der Waals surface area contributed by atoms with E-state index in [-0.39, 0.29) is 23.0 Å². The predicted octanol–water partition coefficient (Wildman–Crippen LogP) is 4.61. The first-order valence-electron chi connectivity index (χ1n) is 10.3. The van der Waals surface area contributed by atoms with Gasteiger partial charge in [0.2, 0.25) is 0 Å². The zero-order valence-electron chi connectivity index (χ0n) is 18.0. The quantitative estimate of drug-likeness (QED) is 0.355. The van der Waals surface area contributed by atoms with Gasteiger partial charge in [0.25, 0.3) is 5.91 Å². The van der Waals surface area contributed by atoms with Gasteiger partial charge in [-0.05, 0) is 55.0 Å². The predicted molar refractivity (Wildman–Crippen MR) is 127 cm³/mol. The van der Waals surface area contributed by atoms with Crippen LogP contribution in [0.3, 0.4) is 0 Å². The van der Waals surface area contributed by atoms with Crippen molar-refractivity contribution < 1.29 is 13.9 Å². The summed E-state index contributed by atoms with van der Waals surface area (Å²) in [7, 11) is 0. The summed E-state index contributed by atoms with van der Waals surface area (Å²) in [6.45, 7) is 1.92. The van der Waals surface area contributed by atoms with Crippen molar-refractivity contribution in [3.63, 3.8) is 0 Å². The van der Waals surface area contributed by atoms with Crippen LogP contribution in [0.2, 0.25) is 0 Å². The van der Waals surface area contributed by atoms with E-state index in [1.54, 1.807) is 30.5 Å². The number of hydrogen-bond acceptors (Lipinski definition) is 6. The molecule has 0 radical (unpaired) electrons. The number of halogens is 1. The van der Waals surface area contributed by atoms with E-state index in [4.69, 9.17) is 21.2 Å². The number of carbonyl (C=O) groups is 1. The molecule has 0 aliphatic carbocycles. The zero-order chi connectivity index (χ0) is 23.8. The Morgan fingerprint density at radius 2 is 1.82 bits per heavy atom. The molecule has 0 atom stereocenters. The first-order valence-corrected chi connectivity index (χ1v) is 10.3. The van der Waals surface area contributed by atoms with Gasteiger partial charge in [-0.2, -0.15) is 5.10 Å². The van der Waals surface area contributed by atoms with Gasteiger partial charge in [0.1, 0.15) is 17.3 Å². The van der Waals surface area contributed by atoms with Crippen LogP contribution >= 0.6 is 0 Å². The molecular weight excluding hydrogens is 435 g/mol. The smallest absolute Gasteiger partial charge is 0.269 e. The van der Waals surface area contributed by atoms with Gasteiger partial charge in [0.05, 0.1) is 23.1 Å². The average molecular weight is 454 g/mol. The number of aromatic nitrogens is 4. The molecule has 0 saturated carbocycles. The Bertz CT molecular complexity index is 1550. The number of fused-ring (bicyclic) bond motifs is 1. The summed E-state index contributed by atoms with van der Waals surface area (Å²) < 4.78 is 19.0. The summed E-state index contributed by atoms with van der Waals surface area (Å²) in [5.74, 6) is 0.0868. The third-order valence-corrected chi connectivity index (χ3v) is 5.39. The second kappa shape index (κ2) is 8.28. The van der Waals surface area contributed by atoms with Gasteiger partial charge in [-0.1, -0.05) is 18.2 Å². The monoisotopic (exact) mass is 454 g/mol. The second-order valence-electron chi connectivity index (χ2n) is 7.69. The van der Waals surface area contributed by atoms with E-state index in [2.05, 4.69) is 15.2 Å². The van der Waals surface area contributed by atoms with Crippen LogP contribution in [-0.4, -0.2) is 26.1 Å². The topological polar surface area (TPSA) is 133 Å². The van der Waals surface area contributed by atoms with Crippen molar-refractivity contribution >= 4 is 22.5 Å².